The minimum atomic E-state index is -0.738. The highest BCUT2D eigenvalue weighted by Crippen LogP contribution is 2.43. The second-order valence-corrected chi connectivity index (χ2v) is 7.38. The number of piperidine rings is 1. The van der Waals surface area contributed by atoms with E-state index < -0.39 is 5.97 Å². The summed E-state index contributed by atoms with van der Waals surface area (Å²) in [7, 11) is 4.84. The van der Waals surface area contributed by atoms with Crippen molar-refractivity contribution in [2.24, 2.45) is 5.92 Å². The average Bonchev–Trinajstić information content (AvgIpc) is 2.75. The summed E-state index contributed by atoms with van der Waals surface area (Å²) >= 11 is 0. The Morgan fingerprint density at radius 3 is 2.31 bits per heavy atom. The predicted octanol–water partition coefficient (Wildman–Crippen LogP) is 3.91. The minimum Gasteiger partial charge on any atom is -0.496 e. The summed E-state index contributed by atoms with van der Waals surface area (Å²) in [5.74, 6) is 0.791. The molecule has 29 heavy (non-hydrogen) atoms. The van der Waals surface area contributed by atoms with Gasteiger partial charge in [-0.05, 0) is 43.5 Å². The number of carboxylic acids is 1. The number of benzene rings is 2. The maximum absolute atomic E-state index is 11.7. The summed E-state index contributed by atoms with van der Waals surface area (Å²) in [5.41, 5.74) is 3.21. The molecule has 0 aliphatic carbocycles. The Hall–Kier alpha value is -2.73. The van der Waals surface area contributed by atoms with E-state index in [2.05, 4.69) is 24.0 Å². The van der Waals surface area contributed by atoms with Crippen molar-refractivity contribution < 1.29 is 24.1 Å². The highest BCUT2D eigenvalue weighted by Gasteiger charge is 2.34. The molecular weight excluding hydrogens is 370 g/mol. The van der Waals surface area contributed by atoms with Gasteiger partial charge in [0.2, 0.25) is 0 Å². The maximum atomic E-state index is 11.7. The van der Waals surface area contributed by atoms with E-state index in [0.29, 0.717) is 30.2 Å². The first-order valence-corrected chi connectivity index (χ1v) is 9.82. The van der Waals surface area contributed by atoms with Crippen molar-refractivity contribution >= 4 is 5.97 Å². The van der Waals surface area contributed by atoms with Gasteiger partial charge < -0.3 is 19.3 Å². The van der Waals surface area contributed by atoms with Crippen LogP contribution in [0.1, 0.15) is 35.6 Å². The van der Waals surface area contributed by atoms with Gasteiger partial charge in [-0.25, -0.2) is 0 Å². The predicted molar refractivity (Wildman–Crippen MR) is 111 cm³/mol. The van der Waals surface area contributed by atoms with E-state index >= 15 is 0 Å². The molecule has 3 rings (SSSR count). The number of aliphatic carboxylic acids is 1. The van der Waals surface area contributed by atoms with Crippen LogP contribution < -0.4 is 14.2 Å². The third kappa shape index (κ3) is 4.32. The number of rotatable bonds is 7. The van der Waals surface area contributed by atoms with Crippen LogP contribution >= 0.6 is 0 Å². The van der Waals surface area contributed by atoms with Crippen molar-refractivity contribution in [2.75, 3.05) is 34.4 Å². The molecule has 2 atom stereocenters. The van der Waals surface area contributed by atoms with Crippen LogP contribution in [0, 0.1) is 12.8 Å². The van der Waals surface area contributed by atoms with Crippen LogP contribution in [0.5, 0.6) is 17.2 Å². The zero-order chi connectivity index (χ0) is 21.0. The number of hydrogen-bond acceptors (Lipinski definition) is 5. The van der Waals surface area contributed by atoms with Gasteiger partial charge in [0, 0.05) is 18.2 Å². The smallest absolute Gasteiger partial charge is 0.307 e. The van der Waals surface area contributed by atoms with E-state index in [1.54, 1.807) is 21.3 Å². The fourth-order valence-corrected chi connectivity index (χ4v) is 4.16. The Kier molecular flexibility index (Phi) is 6.64. The Morgan fingerprint density at radius 1 is 1.03 bits per heavy atom. The number of likely N-dealkylation sites (tertiary alicyclic amines) is 1. The second-order valence-electron chi connectivity index (χ2n) is 7.38. The Balaban J connectivity index is 2.16. The summed E-state index contributed by atoms with van der Waals surface area (Å²) in [5, 5.41) is 9.60. The first-order valence-electron chi connectivity index (χ1n) is 9.82. The first kappa shape index (κ1) is 21.0. The van der Waals surface area contributed by atoms with Gasteiger partial charge in [-0.2, -0.15) is 0 Å². The van der Waals surface area contributed by atoms with Crippen molar-refractivity contribution in [3.63, 3.8) is 0 Å². The summed E-state index contributed by atoms with van der Waals surface area (Å²) in [6.45, 7) is 3.39. The van der Waals surface area contributed by atoms with E-state index in [-0.39, 0.29) is 12.0 Å². The fraction of sp³-hybridized carbons (Fsp3) is 0.435. The lowest BCUT2D eigenvalue weighted by Crippen LogP contribution is -2.41. The quantitative estimate of drug-likeness (QED) is 0.761. The maximum Gasteiger partial charge on any atom is 0.307 e. The Labute approximate surface area is 172 Å². The normalized spacial score (nSPS) is 18.1. The molecule has 1 N–H and O–H groups in total. The number of methoxy groups -OCH3 is 3. The van der Waals surface area contributed by atoms with Crippen molar-refractivity contribution in [1.29, 1.82) is 0 Å². The van der Waals surface area contributed by atoms with E-state index in [1.807, 2.05) is 24.3 Å². The van der Waals surface area contributed by atoms with Crippen LogP contribution in [-0.2, 0) is 4.79 Å². The number of aryl methyl sites for hydroxylation is 1. The molecule has 1 fully saturated rings. The topological polar surface area (TPSA) is 68.2 Å². The fourth-order valence-electron chi connectivity index (χ4n) is 4.16. The summed E-state index contributed by atoms with van der Waals surface area (Å²) in [4.78, 5) is 13.9. The first-order chi connectivity index (χ1) is 14.0. The number of carboxylic acid groups (broad SMARTS) is 1. The molecule has 1 heterocycles. The van der Waals surface area contributed by atoms with Gasteiger partial charge in [0.25, 0.3) is 0 Å². The number of hydrogen-bond donors (Lipinski definition) is 1. The van der Waals surface area contributed by atoms with Gasteiger partial charge in [0.1, 0.15) is 5.75 Å². The zero-order valence-electron chi connectivity index (χ0n) is 17.5. The van der Waals surface area contributed by atoms with Crippen LogP contribution in [0.25, 0.3) is 0 Å². The lowest BCUT2D eigenvalue weighted by atomic mass is 9.89. The highest BCUT2D eigenvalue weighted by atomic mass is 16.5. The molecule has 2 unspecified atom stereocenters. The van der Waals surface area contributed by atoms with Crippen molar-refractivity contribution in [3.05, 3.63) is 53.1 Å². The number of nitrogens with zero attached hydrogens (tertiary/aromatic N) is 1. The Morgan fingerprint density at radius 2 is 1.69 bits per heavy atom. The molecule has 1 saturated heterocycles. The average molecular weight is 399 g/mol. The summed E-state index contributed by atoms with van der Waals surface area (Å²) < 4.78 is 16.7. The molecule has 2 aromatic rings. The van der Waals surface area contributed by atoms with Crippen LogP contribution in [0.3, 0.4) is 0 Å². The molecule has 156 valence electrons. The molecule has 2 aromatic carbocycles. The van der Waals surface area contributed by atoms with Gasteiger partial charge >= 0.3 is 5.97 Å². The van der Waals surface area contributed by atoms with Crippen LogP contribution in [-0.4, -0.2) is 50.4 Å². The van der Waals surface area contributed by atoms with Crippen LogP contribution in [0.4, 0.5) is 0 Å². The van der Waals surface area contributed by atoms with Crippen molar-refractivity contribution in [1.82, 2.24) is 4.90 Å². The largest absolute Gasteiger partial charge is 0.496 e. The monoisotopic (exact) mass is 399 g/mol. The van der Waals surface area contributed by atoms with Crippen molar-refractivity contribution in [2.45, 2.75) is 25.8 Å². The zero-order valence-corrected chi connectivity index (χ0v) is 17.5. The van der Waals surface area contributed by atoms with Gasteiger partial charge in [0.05, 0.1) is 33.3 Å². The van der Waals surface area contributed by atoms with Gasteiger partial charge in [-0.1, -0.05) is 24.3 Å². The molecule has 6 nitrogen and oxygen atoms in total. The standard InChI is InChI=1S/C23H29NO5/c1-15-8-5-6-10-17(15)22(24-11-7-9-16(14-24)23(25)26)18-12-20(28-3)21(29-4)13-19(18)27-2/h5-6,8,10,12-13,16,22H,7,9,11,14H2,1-4H3,(H,25,26). The second kappa shape index (κ2) is 9.18. The van der Waals surface area contributed by atoms with E-state index in [4.69, 9.17) is 14.2 Å². The molecule has 0 amide bonds. The molecule has 0 radical (unpaired) electrons. The Bertz CT molecular complexity index is 866. The lowest BCUT2D eigenvalue weighted by molar-refractivity contribution is -0.143. The van der Waals surface area contributed by atoms with Crippen LogP contribution in [0.15, 0.2) is 36.4 Å². The van der Waals surface area contributed by atoms with E-state index in [1.165, 1.54) is 0 Å². The number of carbonyl (C=O) groups is 1. The summed E-state index contributed by atoms with van der Waals surface area (Å²) in [6, 6.07) is 11.8. The molecule has 0 aromatic heterocycles. The number of ether oxygens (including phenoxy) is 3. The molecular formula is C23H29NO5. The van der Waals surface area contributed by atoms with Gasteiger partial charge in [-0.15, -0.1) is 0 Å². The lowest BCUT2D eigenvalue weighted by Gasteiger charge is -2.38. The van der Waals surface area contributed by atoms with Gasteiger partial charge in [-0.3, -0.25) is 9.69 Å². The minimum absolute atomic E-state index is 0.145. The highest BCUT2D eigenvalue weighted by molar-refractivity contribution is 5.70. The molecule has 1 aliphatic rings. The molecule has 1 aliphatic heterocycles. The van der Waals surface area contributed by atoms with Gasteiger partial charge in [0.15, 0.2) is 11.5 Å². The third-order valence-electron chi connectivity index (χ3n) is 5.68. The van der Waals surface area contributed by atoms with E-state index in [9.17, 15) is 9.90 Å². The van der Waals surface area contributed by atoms with Crippen LogP contribution in [0.2, 0.25) is 0 Å². The molecule has 0 spiro atoms. The third-order valence-corrected chi connectivity index (χ3v) is 5.68. The SMILES string of the molecule is COc1cc(OC)c(C(c2ccccc2C)N2CCCC(C(=O)O)C2)cc1OC. The summed E-state index contributed by atoms with van der Waals surface area (Å²) in [6.07, 6.45) is 1.55. The molecule has 0 saturated carbocycles. The van der Waals surface area contributed by atoms with Crippen molar-refractivity contribution in [3.8, 4) is 17.2 Å². The van der Waals surface area contributed by atoms with E-state index in [0.717, 1.165) is 29.7 Å². The molecule has 0 bridgehead atoms. The molecule has 6 heteroatoms.